The van der Waals surface area contributed by atoms with E-state index in [0.717, 1.165) is 23.3 Å². The highest BCUT2D eigenvalue weighted by molar-refractivity contribution is 5.99. The lowest BCUT2D eigenvalue weighted by Gasteiger charge is -2.25. The van der Waals surface area contributed by atoms with Crippen molar-refractivity contribution in [2.45, 2.75) is 38.8 Å². The fourth-order valence-corrected chi connectivity index (χ4v) is 3.81. The summed E-state index contributed by atoms with van der Waals surface area (Å²) < 4.78 is 38.9. The van der Waals surface area contributed by atoms with E-state index in [2.05, 4.69) is 15.3 Å². The number of aryl methyl sites for hydroxylation is 2. The van der Waals surface area contributed by atoms with Crippen LogP contribution in [0.4, 0.5) is 24.8 Å². The van der Waals surface area contributed by atoms with Crippen molar-refractivity contribution in [1.82, 2.24) is 9.97 Å². The number of nitrogens with zero attached hydrogens (tertiary/aromatic N) is 2. The van der Waals surface area contributed by atoms with Crippen molar-refractivity contribution in [1.29, 1.82) is 0 Å². The second-order valence-corrected chi connectivity index (χ2v) is 7.60. The first kappa shape index (κ1) is 20.1. The third-order valence-electron chi connectivity index (χ3n) is 5.31. The maximum atomic E-state index is 13.0. The molecule has 1 aliphatic rings. The lowest BCUT2D eigenvalue weighted by atomic mass is 9.81. The van der Waals surface area contributed by atoms with Crippen molar-refractivity contribution in [2.75, 3.05) is 5.32 Å². The van der Waals surface area contributed by atoms with Crippen molar-refractivity contribution in [2.24, 2.45) is 0 Å². The molecular formula is C23H20F3N3O. The average Bonchev–Trinajstić information content (AvgIpc) is 2.67. The van der Waals surface area contributed by atoms with Gasteiger partial charge in [0.25, 0.3) is 0 Å². The third-order valence-corrected chi connectivity index (χ3v) is 5.31. The number of carbonyl (C=O) groups is 1. The Hall–Kier alpha value is -3.22. The molecule has 1 N–H and O–H groups in total. The second kappa shape index (κ2) is 7.55. The summed E-state index contributed by atoms with van der Waals surface area (Å²) in [6.45, 7) is 3.73. The zero-order valence-corrected chi connectivity index (χ0v) is 16.5. The molecule has 4 nitrogen and oxygen atoms in total. The monoisotopic (exact) mass is 411 g/mol. The molecule has 1 heterocycles. The Morgan fingerprint density at radius 3 is 2.43 bits per heavy atom. The van der Waals surface area contributed by atoms with Gasteiger partial charge in [0.05, 0.1) is 22.5 Å². The highest BCUT2D eigenvalue weighted by Crippen LogP contribution is 2.34. The van der Waals surface area contributed by atoms with Gasteiger partial charge in [-0.05, 0) is 49.9 Å². The number of fused-ring (bicyclic) bond motifs is 1. The summed E-state index contributed by atoms with van der Waals surface area (Å²) in [5, 5.41) is 2.85. The Bertz CT molecular complexity index is 1110. The molecule has 1 atom stereocenters. The zero-order chi connectivity index (χ0) is 21.5. The Balaban J connectivity index is 1.64. The van der Waals surface area contributed by atoms with Crippen molar-refractivity contribution in [3.8, 4) is 0 Å². The first-order chi connectivity index (χ1) is 14.2. The molecule has 1 aliphatic carbocycles. The maximum absolute atomic E-state index is 13.0. The molecule has 0 aliphatic heterocycles. The highest BCUT2D eigenvalue weighted by Gasteiger charge is 2.31. The number of alkyl halides is 3. The predicted molar refractivity (Wildman–Crippen MR) is 108 cm³/mol. The van der Waals surface area contributed by atoms with Gasteiger partial charge in [-0.1, -0.05) is 35.9 Å². The average molecular weight is 411 g/mol. The predicted octanol–water partition coefficient (Wildman–Crippen LogP) is 5.77. The first-order valence-electron chi connectivity index (χ1n) is 9.62. The quantitative estimate of drug-likeness (QED) is 0.595. The number of hydrogen-bond donors (Lipinski definition) is 1. The number of carbonyl (C=O) groups excluding carboxylic acids is 1. The van der Waals surface area contributed by atoms with Crippen LogP contribution >= 0.6 is 0 Å². The molecular weight excluding hydrogens is 391 g/mol. The van der Waals surface area contributed by atoms with Gasteiger partial charge >= 0.3 is 6.18 Å². The van der Waals surface area contributed by atoms with Crippen molar-refractivity contribution >= 4 is 17.4 Å². The maximum Gasteiger partial charge on any atom is 0.416 e. The van der Waals surface area contributed by atoms with Crippen molar-refractivity contribution in [3.63, 3.8) is 0 Å². The van der Waals surface area contributed by atoms with Gasteiger partial charge in [0.2, 0.25) is 5.95 Å². The molecule has 4 rings (SSSR count). The lowest BCUT2D eigenvalue weighted by Crippen LogP contribution is -2.22. The minimum Gasteiger partial charge on any atom is -0.324 e. The van der Waals surface area contributed by atoms with E-state index in [4.69, 9.17) is 0 Å². The summed E-state index contributed by atoms with van der Waals surface area (Å²) in [5.74, 6) is 0.189. The first-order valence-corrected chi connectivity index (χ1v) is 9.62. The van der Waals surface area contributed by atoms with Crippen LogP contribution in [0, 0.1) is 13.8 Å². The van der Waals surface area contributed by atoms with E-state index in [1.165, 1.54) is 12.1 Å². The van der Waals surface area contributed by atoms with E-state index in [0.29, 0.717) is 29.8 Å². The van der Waals surface area contributed by atoms with E-state index in [-0.39, 0.29) is 23.3 Å². The van der Waals surface area contributed by atoms with Crippen LogP contribution in [0.3, 0.4) is 0 Å². The van der Waals surface area contributed by atoms with Crippen molar-refractivity contribution < 1.29 is 18.0 Å². The van der Waals surface area contributed by atoms with Crippen LogP contribution < -0.4 is 5.32 Å². The number of hydrogen-bond acceptors (Lipinski definition) is 4. The topological polar surface area (TPSA) is 54.9 Å². The van der Waals surface area contributed by atoms with Gasteiger partial charge < -0.3 is 5.32 Å². The molecule has 0 radical (unpaired) electrons. The second-order valence-electron chi connectivity index (χ2n) is 7.60. The van der Waals surface area contributed by atoms with Crippen LogP contribution in [-0.2, 0) is 12.6 Å². The largest absolute Gasteiger partial charge is 0.416 e. The van der Waals surface area contributed by atoms with E-state index >= 15 is 0 Å². The van der Waals surface area contributed by atoms with Gasteiger partial charge in [-0.15, -0.1) is 0 Å². The Morgan fingerprint density at radius 2 is 1.73 bits per heavy atom. The van der Waals surface area contributed by atoms with Crippen LogP contribution in [0.1, 0.15) is 50.8 Å². The van der Waals surface area contributed by atoms with Gasteiger partial charge in [0.1, 0.15) is 0 Å². The van der Waals surface area contributed by atoms with Gasteiger partial charge in [-0.2, -0.15) is 13.2 Å². The molecule has 0 bridgehead atoms. The summed E-state index contributed by atoms with van der Waals surface area (Å²) >= 11 is 0. The number of aromatic nitrogens is 2. The van der Waals surface area contributed by atoms with E-state index in [1.807, 2.05) is 31.2 Å². The molecule has 154 valence electrons. The fraction of sp³-hybridized carbons (Fsp3) is 0.261. The molecule has 0 saturated carbocycles. The molecule has 0 amide bonds. The molecule has 2 aromatic carbocycles. The Morgan fingerprint density at radius 1 is 1.00 bits per heavy atom. The standard InChI is InChI=1S/C23H20F3N3O/c1-13-6-8-15(9-7-13)16-10-19-21(20(30)11-16)14(2)27-22(29-19)28-18-5-3-4-17(12-18)23(24,25)26/h3-9,12,16H,10-11H2,1-2H3,(H,27,28,29). The molecule has 0 saturated heterocycles. The molecule has 0 fully saturated rings. The van der Waals surface area contributed by atoms with Gasteiger partial charge in [-0.3, -0.25) is 4.79 Å². The molecule has 1 unspecified atom stereocenters. The normalized spacial score (nSPS) is 16.3. The lowest BCUT2D eigenvalue weighted by molar-refractivity contribution is -0.137. The summed E-state index contributed by atoms with van der Waals surface area (Å²) in [7, 11) is 0. The van der Waals surface area contributed by atoms with Crippen LogP contribution in [0.25, 0.3) is 0 Å². The molecule has 0 spiro atoms. The summed E-state index contributed by atoms with van der Waals surface area (Å²) in [4.78, 5) is 21.5. The van der Waals surface area contributed by atoms with Gasteiger partial charge in [-0.25, -0.2) is 9.97 Å². The number of ketones is 1. The SMILES string of the molecule is Cc1ccc(C2CC(=O)c3c(C)nc(Nc4cccc(C(F)(F)F)c4)nc3C2)cc1. The minimum atomic E-state index is -4.43. The number of halogens is 3. The number of nitrogens with one attached hydrogen (secondary N) is 1. The summed E-state index contributed by atoms with van der Waals surface area (Å²) in [5.41, 5.74) is 3.38. The van der Waals surface area contributed by atoms with Crippen LogP contribution in [0.2, 0.25) is 0 Å². The number of anilines is 2. The van der Waals surface area contributed by atoms with E-state index < -0.39 is 11.7 Å². The van der Waals surface area contributed by atoms with E-state index in [9.17, 15) is 18.0 Å². The molecule has 30 heavy (non-hydrogen) atoms. The van der Waals surface area contributed by atoms with Gasteiger partial charge in [0, 0.05) is 12.1 Å². The Kier molecular flexibility index (Phi) is 5.05. The van der Waals surface area contributed by atoms with Crippen molar-refractivity contribution in [3.05, 3.63) is 82.2 Å². The summed E-state index contributed by atoms with van der Waals surface area (Å²) in [6.07, 6.45) is -3.47. The molecule has 3 aromatic rings. The number of Topliss-reactive ketones (excluding diaryl/α,β-unsaturated/α-hetero) is 1. The number of benzene rings is 2. The zero-order valence-electron chi connectivity index (χ0n) is 16.5. The van der Waals surface area contributed by atoms with Crippen LogP contribution in [0.5, 0.6) is 0 Å². The molecule has 1 aromatic heterocycles. The minimum absolute atomic E-state index is 0.00931. The van der Waals surface area contributed by atoms with Gasteiger partial charge in [0.15, 0.2) is 5.78 Å². The highest BCUT2D eigenvalue weighted by atomic mass is 19.4. The fourth-order valence-electron chi connectivity index (χ4n) is 3.81. The smallest absolute Gasteiger partial charge is 0.324 e. The van der Waals surface area contributed by atoms with Crippen LogP contribution in [-0.4, -0.2) is 15.8 Å². The Labute approximate surface area is 172 Å². The van der Waals surface area contributed by atoms with Crippen LogP contribution in [0.15, 0.2) is 48.5 Å². The van der Waals surface area contributed by atoms with E-state index in [1.54, 1.807) is 6.92 Å². The molecule has 7 heteroatoms. The number of rotatable bonds is 3. The third kappa shape index (κ3) is 4.06. The summed E-state index contributed by atoms with van der Waals surface area (Å²) in [6, 6.07) is 12.9.